The maximum absolute atomic E-state index is 14.0. The van der Waals surface area contributed by atoms with Gasteiger partial charge in [-0.2, -0.15) is 13.2 Å². The van der Waals surface area contributed by atoms with Crippen molar-refractivity contribution < 1.29 is 22.8 Å². The number of halogens is 3. The number of aryl methyl sites for hydroxylation is 1. The van der Waals surface area contributed by atoms with Crippen LogP contribution >= 0.6 is 0 Å². The molecule has 1 aliphatic rings. The number of hydrogen-bond acceptors (Lipinski definition) is 3. The molecule has 0 atom stereocenters. The van der Waals surface area contributed by atoms with Crippen LogP contribution < -0.4 is 5.32 Å². The fourth-order valence-corrected chi connectivity index (χ4v) is 4.77. The summed E-state index contributed by atoms with van der Waals surface area (Å²) < 4.78 is 43.5. The minimum Gasteiger partial charge on any atom is -0.361 e. The Hall–Kier alpha value is -3.85. The van der Waals surface area contributed by atoms with E-state index in [-0.39, 0.29) is 22.0 Å². The Labute approximate surface area is 199 Å². The predicted octanol–water partition coefficient (Wildman–Crippen LogP) is 4.66. The van der Waals surface area contributed by atoms with Crippen molar-refractivity contribution in [2.45, 2.75) is 19.1 Å². The summed E-state index contributed by atoms with van der Waals surface area (Å²) in [6.45, 7) is 1.01. The van der Waals surface area contributed by atoms with Crippen LogP contribution in [0, 0.1) is 0 Å². The molecule has 5 rings (SSSR count). The zero-order chi connectivity index (χ0) is 24.9. The summed E-state index contributed by atoms with van der Waals surface area (Å²) in [5, 5.41) is 3.37. The van der Waals surface area contributed by atoms with Crippen LogP contribution in [-0.2, 0) is 22.3 Å². The Morgan fingerprint density at radius 3 is 2.31 bits per heavy atom. The summed E-state index contributed by atoms with van der Waals surface area (Å²) >= 11 is 0. The highest BCUT2D eigenvalue weighted by Gasteiger charge is 2.38. The summed E-state index contributed by atoms with van der Waals surface area (Å²) in [6, 6.07) is 11.3. The number of hydrogen-bond donors (Lipinski definition) is 2. The quantitative estimate of drug-likeness (QED) is 0.395. The lowest BCUT2D eigenvalue weighted by molar-refractivity contribution is -0.136. The minimum absolute atomic E-state index is 0.00619. The van der Waals surface area contributed by atoms with Crippen molar-refractivity contribution in [1.82, 2.24) is 19.8 Å². The third-order valence-corrected chi connectivity index (χ3v) is 6.27. The number of benzene rings is 2. The van der Waals surface area contributed by atoms with E-state index in [1.807, 2.05) is 43.3 Å². The SMILES string of the molecule is CN(C)CCCn1cc(C2=C(c3c[nH]c4ccccc34)C(=O)NC2=O)c2cccc(C(F)(F)F)c21. The topological polar surface area (TPSA) is 70.1 Å². The van der Waals surface area contributed by atoms with E-state index in [9.17, 15) is 22.8 Å². The number of aromatic amines is 1. The number of carbonyl (C=O) groups is 2. The zero-order valence-electron chi connectivity index (χ0n) is 19.2. The molecule has 0 bridgehead atoms. The lowest BCUT2D eigenvalue weighted by atomic mass is 9.95. The van der Waals surface area contributed by atoms with Crippen LogP contribution in [0.4, 0.5) is 13.2 Å². The Morgan fingerprint density at radius 1 is 0.914 bits per heavy atom. The van der Waals surface area contributed by atoms with Crippen LogP contribution in [0.25, 0.3) is 33.0 Å². The van der Waals surface area contributed by atoms with Gasteiger partial charge in [-0.3, -0.25) is 14.9 Å². The molecule has 0 radical (unpaired) electrons. The van der Waals surface area contributed by atoms with E-state index in [0.29, 0.717) is 30.6 Å². The highest BCUT2D eigenvalue weighted by molar-refractivity contribution is 6.50. The molecule has 3 heterocycles. The average Bonchev–Trinajstić information content (AvgIpc) is 3.45. The Balaban J connectivity index is 1.78. The molecule has 2 N–H and O–H groups in total. The molecule has 0 saturated carbocycles. The van der Waals surface area contributed by atoms with Crippen molar-refractivity contribution in [2.24, 2.45) is 0 Å². The van der Waals surface area contributed by atoms with Crippen LogP contribution in [-0.4, -0.2) is 46.9 Å². The molecule has 2 aromatic carbocycles. The number of carbonyl (C=O) groups excluding carboxylic acids is 2. The van der Waals surface area contributed by atoms with Crippen LogP contribution in [0.3, 0.4) is 0 Å². The number of nitrogens with zero attached hydrogens (tertiary/aromatic N) is 2. The van der Waals surface area contributed by atoms with Crippen LogP contribution in [0.15, 0.2) is 54.9 Å². The first kappa shape index (κ1) is 22.9. The van der Waals surface area contributed by atoms with Gasteiger partial charge in [0.25, 0.3) is 11.8 Å². The maximum atomic E-state index is 14.0. The van der Waals surface area contributed by atoms with Gasteiger partial charge in [0.05, 0.1) is 22.2 Å². The highest BCUT2D eigenvalue weighted by atomic mass is 19.4. The van der Waals surface area contributed by atoms with Crippen molar-refractivity contribution in [2.75, 3.05) is 20.6 Å². The number of alkyl halides is 3. The van der Waals surface area contributed by atoms with Gasteiger partial charge in [-0.25, -0.2) is 0 Å². The molecule has 2 amide bonds. The normalized spacial score (nSPS) is 14.7. The first-order valence-corrected chi connectivity index (χ1v) is 11.2. The number of nitrogens with one attached hydrogen (secondary N) is 2. The molecule has 6 nitrogen and oxygen atoms in total. The second-order valence-electron chi connectivity index (χ2n) is 8.87. The van der Waals surface area contributed by atoms with Gasteiger partial charge < -0.3 is 14.5 Å². The predicted molar refractivity (Wildman–Crippen MR) is 128 cm³/mol. The summed E-state index contributed by atoms with van der Waals surface area (Å²) in [5.74, 6) is -1.20. The van der Waals surface area contributed by atoms with Gasteiger partial charge in [0.15, 0.2) is 0 Å². The van der Waals surface area contributed by atoms with Gasteiger partial charge in [-0.1, -0.05) is 30.3 Å². The fourth-order valence-electron chi connectivity index (χ4n) is 4.77. The molecule has 0 spiro atoms. The molecule has 0 fully saturated rings. The molecule has 9 heteroatoms. The number of fused-ring (bicyclic) bond motifs is 2. The van der Waals surface area contributed by atoms with E-state index in [4.69, 9.17) is 0 Å². The van der Waals surface area contributed by atoms with Gasteiger partial charge >= 0.3 is 6.18 Å². The molecular weight excluding hydrogens is 457 g/mol. The van der Waals surface area contributed by atoms with Crippen LogP contribution in [0.2, 0.25) is 0 Å². The van der Waals surface area contributed by atoms with Gasteiger partial charge in [0.1, 0.15) is 0 Å². The number of rotatable bonds is 6. The van der Waals surface area contributed by atoms with E-state index in [1.165, 1.54) is 6.07 Å². The number of aromatic nitrogens is 2. The Bertz CT molecular complexity index is 1510. The second-order valence-corrected chi connectivity index (χ2v) is 8.87. The van der Waals surface area contributed by atoms with Gasteiger partial charge in [-0.05, 0) is 39.2 Å². The van der Waals surface area contributed by atoms with E-state index >= 15 is 0 Å². The number of para-hydroxylation sites is 2. The monoisotopic (exact) mass is 480 g/mol. The summed E-state index contributed by atoms with van der Waals surface area (Å²) in [4.78, 5) is 31.0. The fraction of sp³-hybridized carbons (Fsp3) is 0.231. The minimum atomic E-state index is -4.57. The first-order chi connectivity index (χ1) is 16.7. The van der Waals surface area contributed by atoms with Crippen molar-refractivity contribution in [1.29, 1.82) is 0 Å². The molecule has 1 aliphatic heterocycles. The average molecular weight is 480 g/mol. The number of amides is 2. The molecule has 35 heavy (non-hydrogen) atoms. The molecular formula is C26H23F3N4O2. The molecule has 4 aromatic rings. The Kier molecular flexibility index (Phi) is 5.52. The van der Waals surface area contributed by atoms with Crippen LogP contribution in [0.1, 0.15) is 23.1 Å². The van der Waals surface area contributed by atoms with E-state index in [1.54, 1.807) is 23.0 Å². The summed E-state index contributed by atoms with van der Waals surface area (Å²) in [5.41, 5.74) is 1.08. The van der Waals surface area contributed by atoms with Crippen molar-refractivity contribution in [3.05, 3.63) is 71.5 Å². The molecule has 180 valence electrons. The van der Waals surface area contributed by atoms with E-state index in [0.717, 1.165) is 17.0 Å². The third kappa shape index (κ3) is 3.91. The Morgan fingerprint density at radius 2 is 1.60 bits per heavy atom. The standard InChI is InChI=1S/C26H23F3N4O2/c1-32(2)11-6-12-33-14-18(16-8-5-9-19(23(16)33)26(27,28)29)22-21(24(34)31-25(22)35)17-13-30-20-10-4-3-7-15(17)20/h3-5,7-10,13-14,30H,6,11-12H2,1-2H3,(H,31,34,35). The zero-order valence-corrected chi connectivity index (χ0v) is 19.2. The van der Waals surface area contributed by atoms with E-state index < -0.39 is 23.6 Å². The largest absolute Gasteiger partial charge is 0.418 e. The number of imide groups is 1. The highest BCUT2D eigenvalue weighted by Crippen LogP contribution is 2.42. The molecule has 0 unspecified atom stereocenters. The summed E-state index contributed by atoms with van der Waals surface area (Å²) in [6.07, 6.45) is -0.744. The van der Waals surface area contributed by atoms with Crippen molar-refractivity contribution in [3.63, 3.8) is 0 Å². The lowest BCUT2D eigenvalue weighted by Crippen LogP contribution is -2.22. The van der Waals surface area contributed by atoms with Crippen molar-refractivity contribution >= 4 is 44.8 Å². The van der Waals surface area contributed by atoms with Crippen LogP contribution in [0.5, 0.6) is 0 Å². The van der Waals surface area contributed by atoms with Gasteiger partial charge in [-0.15, -0.1) is 0 Å². The smallest absolute Gasteiger partial charge is 0.361 e. The molecule has 2 aromatic heterocycles. The first-order valence-electron chi connectivity index (χ1n) is 11.2. The molecule has 0 aliphatic carbocycles. The molecule has 0 saturated heterocycles. The maximum Gasteiger partial charge on any atom is 0.418 e. The lowest BCUT2D eigenvalue weighted by Gasteiger charge is -2.13. The van der Waals surface area contributed by atoms with Crippen molar-refractivity contribution in [3.8, 4) is 0 Å². The van der Waals surface area contributed by atoms with E-state index in [2.05, 4.69) is 10.3 Å². The summed E-state index contributed by atoms with van der Waals surface area (Å²) in [7, 11) is 3.79. The number of H-pyrrole nitrogens is 1. The third-order valence-electron chi connectivity index (χ3n) is 6.27. The second kappa shape index (κ2) is 8.42. The van der Waals surface area contributed by atoms with Gasteiger partial charge in [0, 0.05) is 46.4 Å². The van der Waals surface area contributed by atoms with Gasteiger partial charge in [0.2, 0.25) is 0 Å².